The standard InChI is InChI=1S/C15H22BNO4/c1-14(2,3)21-13(19)17-10-6-8-11(9-7-10)20-12(18)15(4,5)16/h6-9H,16H2,1-5H3,(H,17,19). The van der Waals surface area contributed by atoms with E-state index in [1.54, 1.807) is 66.7 Å². The first-order valence-corrected chi connectivity index (χ1v) is 6.80. The topological polar surface area (TPSA) is 64.6 Å². The third-order valence-corrected chi connectivity index (χ3v) is 2.32. The zero-order valence-electron chi connectivity index (χ0n) is 13.4. The van der Waals surface area contributed by atoms with Gasteiger partial charge in [-0.3, -0.25) is 10.1 Å². The van der Waals surface area contributed by atoms with Gasteiger partial charge in [0.15, 0.2) is 0 Å². The maximum Gasteiger partial charge on any atom is 0.412 e. The molecule has 0 saturated carbocycles. The van der Waals surface area contributed by atoms with Crippen LogP contribution in [0, 0.1) is 0 Å². The molecule has 1 aromatic rings. The zero-order valence-corrected chi connectivity index (χ0v) is 13.4. The van der Waals surface area contributed by atoms with E-state index < -0.39 is 17.0 Å². The Morgan fingerprint density at radius 3 is 2.00 bits per heavy atom. The van der Waals surface area contributed by atoms with Crippen molar-refractivity contribution < 1.29 is 19.1 Å². The van der Waals surface area contributed by atoms with Crippen LogP contribution >= 0.6 is 0 Å². The summed E-state index contributed by atoms with van der Waals surface area (Å²) in [6, 6.07) is 6.54. The number of ether oxygens (including phenoxy) is 2. The second-order valence-electron chi connectivity index (χ2n) is 6.79. The predicted octanol–water partition coefficient (Wildman–Crippen LogP) is 2.77. The highest BCUT2D eigenvalue weighted by Crippen LogP contribution is 2.23. The van der Waals surface area contributed by atoms with Gasteiger partial charge in [-0.05, 0) is 45.0 Å². The number of nitrogens with one attached hydrogen (secondary N) is 1. The molecule has 1 rings (SSSR count). The van der Waals surface area contributed by atoms with E-state index in [1.807, 2.05) is 0 Å². The number of rotatable bonds is 3. The summed E-state index contributed by atoms with van der Waals surface area (Å²) in [6.45, 7) is 8.95. The van der Waals surface area contributed by atoms with Crippen LogP contribution in [0.2, 0.25) is 5.31 Å². The van der Waals surface area contributed by atoms with Crippen molar-refractivity contribution in [3.63, 3.8) is 0 Å². The van der Waals surface area contributed by atoms with Crippen molar-refractivity contribution in [2.75, 3.05) is 5.32 Å². The molecule has 1 amide bonds. The summed E-state index contributed by atoms with van der Waals surface area (Å²) in [6.07, 6.45) is -0.526. The number of benzene rings is 1. The molecule has 0 bridgehead atoms. The Morgan fingerprint density at radius 2 is 1.57 bits per heavy atom. The lowest BCUT2D eigenvalue weighted by atomic mass is 9.73. The molecule has 0 atom stereocenters. The van der Waals surface area contributed by atoms with Gasteiger partial charge in [0.2, 0.25) is 0 Å². The van der Waals surface area contributed by atoms with Gasteiger partial charge in [-0.2, -0.15) is 0 Å². The second-order valence-corrected chi connectivity index (χ2v) is 6.79. The van der Waals surface area contributed by atoms with Crippen LogP contribution in [0.5, 0.6) is 5.75 Å². The van der Waals surface area contributed by atoms with E-state index in [9.17, 15) is 9.59 Å². The largest absolute Gasteiger partial charge is 0.444 e. The lowest BCUT2D eigenvalue weighted by molar-refractivity contribution is -0.136. The molecule has 1 N–H and O–H groups in total. The second kappa shape index (κ2) is 6.20. The van der Waals surface area contributed by atoms with Gasteiger partial charge in [0.05, 0.1) is 0 Å². The Bertz CT molecular complexity index is 512. The molecule has 6 heteroatoms. The quantitative estimate of drug-likeness (QED) is 0.528. The average molecular weight is 291 g/mol. The van der Waals surface area contributed by atoms with Gasteiger partial charge in [0.1, 0.15) is 19.2 Å². The van der Waals surface area contributed by atoms with Crippen molar-refractivity contribution in [1.29, 1.82) is 0 Å². The van der Waals surface area contributed by atoms with Crippen molar-refractivity contribution in [3.05, 3.63) is 24.3 Å². The van der Waals surface area contributed by atoms with Crippen molar-refractivity contribution in [1.82, 2.24) is 0 Å². The third kappa shape index (κ3) is 6.34. The summed E-state index contributed by atoms with van der Waals surface area (Å²) in [5, 5.41) is 2.05. The minimum Gasteiger partial charge on any atom is -0.444 e. The van der Waals surface area contributed by atoms with Crippen molar-refractivity contribution >= 4 is 25.6 Å². The fourth-order valence-corrected chi connectivity index (χ4v) is 1.29. The maximum atomic E-state index is 11.7. The van der Waals surface area contributed by atoms with Gasteiger partial charge in [-0.15, -0.1) is 0 Å². The maximum absolute atomic E-state index is 11.7. The van der Waals surface area contributed by atoms with E-state index in [-0.39, 0.29) is 5.97 Å². The first-order valence-electron chi connectivity index (χ1n) is 6.80. The molecule has 0 radical (unpaired) electrons. The molecule has 0 heterocycles. The monoisotopic (exact) mass is 291 g/mol. The normalized spacial score (nSPS) is 11.7. The van der Waals surface area contributed by atoms with Gasteiger partial charge < -0.3 is 9.47 Å². The van der Waals surface area contributed by atoms with Crippen LogP contribution in [0.25, 0.3) is 0 Å². The Morgan fingerprint density at radius 1 is 1.05 bits per heavy atom. The van der Waals surface area contributed by atoms with E-state index >= 15 is 0 Å². The fraction of sp³-hybridized carbons (Fsp3) is 0.467. The van der Waals surface area contributed by atoms with Crippen LogP contribution in [0.1, 0.15) is 34.6 Å². The molecule has 0 fully saturated rings. The molecule has 0 saturated heterocycles. The Kier molecular flexibility index (Phi) is 5.04. The molecular weight excluding hydrogens is 269 g/mol. The molecule has 114 valence electrons. The number of carbonyl (C=O) groups excluding carboxylic acids is 2. The van der Waals surface area contributed by atoms with E-state index in [0.29, 0.717) is 11.4 Å². The van der Waals surface area contributed by atoms with Crippen LogP contribution < -0.4 is 10.1 Å². The van der Waals surface area contributed by atoms with Crippen LogP contribution in [-0.4, -0.2) is 25.5 Å². The van der Waals surface area contributed by atoms with Gasteiger partial charge in [-0.25, -0.2) is 4.79 Å². The van der Waals surface area contributed by atoms with Gasteiger partial charge in [0.25, 0.3) is 0 Å². The molecule has 0 unspecified atom stereocenters. The van der Waals surface area contributed by atoms with E-state index in [1.165, 1.54) is 0 Å². The number of esters is 1. The number of anilines is 1. The SMILES string of the molecule is BC(C)(C)C(=O)Oc1ccc(NC(=O)OC(C)(C)C)cc1. The summed E-state index contributed by atoms with van der Waals surface area (Å²) in [5.41, 5.74) is 0.0199. The summed E-state index contributed by atoms with van der Waals surface area (Å²) in [4.78, 5) is 23.3. The van der Waals surface area contributed by atoms with Gasteiger partial charge in [0, 0.05) is 11.0 Å². The summed E-state index contributed by atoms with van der Waals surface area (Å²) >= 11 is 0. The first kappa shape index (κ1) is 17.1. The summed E-state index contributed by atoms with van der Waals surface area (Å²) in [7, 11) is 1.79. The highest BCUT2D eigenvalue weighted by Gasteiger charge is 2.23. The Labute approximate surface area is 126 Å². The van der Waals surface area contributed by atoms with Crippen molar-refractivity contribution in [2.24, 2.45) is 0 Å². The van der Waals surface area contributed by atoms with Crippen LogP contribution in [-0.2, 0) is 9.53 Å². The predicted molar refractivity (Wildman–Crippen MR) is 84.5 cm³/mol. The number of hydrogen-bond acceptors (Lipinski definition) is 4. The minimum atomic E-state index is -0.562. The zero-order chi connectivity index (χ0) is 16.3. The summed E-state index contributed by atoms with van der Waals surface area (Å²) < 4.78 is 10.4. The highest BCUT2D eigenvalue weighted by atomic mass is 16.6. The summed E-state index contributed by atoms with van der Waals surface area (Å²) in [5.74, 6) is 0.125. The number of amides is 1. The van der Waals surface area contributed by atoms with Gasteiger partial charge >= 0.3 is 12.1 Å². The molecule has 0 aliphatic rings. The van der Waals surface area contributed by atoms with E-state index in [4.69, 9.17) is 9.47 Å². The smallest absolute Gasteiger partial charge is 0.412 e. The van der Waals surface area contributed by atoms with Gasteiger partial charge in [-0.1, -0.05) is 13.8 Å². The van der Waals surface area contributed by atoms with Crippen molar-refractivity contribution in [2.45, 2.75) is 45.5 Å². The van der Waals surface area contributed by atoms with E-state index in [0.717, 1.165) is 0 Å². The molecule has 0 aromatic heterocycles. The Balaban J connectivity index is 2.63. The van der Waals surface area contributed by atoms with Crippen LogP contribution in [0.15, 0.2) is 24.3 Å². The average Bonchev–Trinajstić information content (AvgIpc) is 2.27. The lowest BCUT2D eigenvalue weighted by Crippen LogP contribution is -2.27. The lowest BCUT2D eigenvalue weighted by Gasteiger charge is -2.19. The fourth-order valence-electron chi connectivity index (χ4n) is 1.29. The first-order chi connectivity index (χ1) is 9.47. The number of hydrogen-bond donors (Lipinski definition) is 1. The molecule has 1 aromatic carbocycles. The minimum absolute atomic E-state index is 0.310. The molecule has 0 spiro atoms. The highest BCUT2D eigenvalue weighted by molar-refractivity contribution is 6.26. The third-order valence-electron chi connectivity index (χ3n) is 2.32. The Hall–Kier alpha value is -1.98. The van der Waals surface area contributed by atoms with Crippen LogP contribution in [0.3, 0.4) is 0 Å². The molecular formula is C15H22BNO4. The van der Waals surface area contributed by atoms with Crippen molar-refractivity contribution in [3.8, 4) is 5.75 Å². The number of carbonyl (C=O) groups is 2. The molecule has 5 nitrogen and oxygen atoms in total. The molecule has 0 aliphatic heterocycles. The van der Waals surface area contributed by atoms with E-state index in [2.05, 4.69) is 5.32 Å². The molecule has 21 heavy (non-hydrogen) atoms. The van der Waals surface area contributed by atoms with Crippen LogP contribution in [0.4, 0.5) is 10.5 Å². The molecule has 0 aliphatic carbocycles.